The lowest BCUT2D eigenvalue weighted by Crippen LogP contribution is -2.42. The first-order valence-electron chi connectivity index (χ1n) is 3.63. The molecule has 1 rings (SSSR count). The Bertz CT molecular complexity index is 117. The minimum atomic E-state index is -0.522. The van der Waals surface area contributed by atoms with E-state index in [-0.39, 0.29) is 19.0 Å². The fraction of sp³-hybridized carbons (Fsp3) is 1.00. The first-order chi connectivity index (χ1) is 5.27. The smallest absolute Gasteiger partial charge is 0.159 e. The fourth-order valence-electron chi connectivity index (χ4n) is 1.15. The number of aliphatic hydroxyl groups excluding tert-OH is 1. The van der Waals surface area contributed by atoms with E-state index in [1.54, 1.807) is 14.2 Å². The van der Waals surface area contributed by atoms with Gasteiger partial charge in [0.15, 0.2) is 6.29 Å². The van der Waals surface area contributed by atoms with Crippen LogP contribution in [0.15, 0.2) is 0 Å². The van der Waals surface area contributed by atoms with Crippen molar-refractivity contribution in [1.29, 1.82) is 0 Å². The molecule has 4 heteroatoms. The van der Waals surface area contributed by atoms with Gasteiger partial charge in [-0.15, -0.1) is 0 Å². The van der Waals surface area contributed by atoms with Gasteiger partial charge in [0.25, 0.3) is 0 Å². The molecule has 1 heterocycles. The van der Waals surface area contributed by atoms with Gasteiger partial charge >= 0.3 is 0 Å². The quantitative estimate of drug-likeness (QED) is 0.608. The maximum atomic E-state index is 9.28. The molecule has 0 spiro atoms. The third-order valence-electron chi connectivity index (χ3n) is 1.87. The molecule has 1 aliphatic heterocycles. The van der Waals surface area contributed by atoms with Crippen LogP contribution in [-0.4, -0.2) is 44.4 Å². The van der Waals surface area contributed by atoms with Gasteiger partial charge in [0, 0.05) is 20.6 Å². The molecule has 0 saturated carbocycles. The zero-order chi connectivity index (χ0) is 8.27. The van der Waals surface area contributed by atoms with Crippen LogP contribution in [0.4, 0.5) is 0 Å². The van der Waals surface area contributed by atoms with Crippen LogP contribution < -0.4 is 0 Å². The van der Waals surface area contributed by atoms with E-state index in [0.29, 0.717) is 6.42 Å². The van der Waals surface area contributed by atoms with E-state index >= 15 is 0 Å². The number of hydrogen-bond acceptors (Lipinski definition) is 4. The van der Waals surface area contributed by atoms with Crippen molar-refractivity contribution in [1.82, 2.24) is 0 Å². The molecule has 1 aliphatic rings. The van der Waals surface area contributed by atoms with E-state index < -0.39 is 6.10 Å². The Morgan fingerprint density at radius 3 is 2.64 bits per heavy atom. The Hall–Kier alpha value is -0.160. The highest BCUT2D eigenvalue weighted by molar-refractivity contribution is 4.74. The van der Waals surface area contributed by atoms with Crippen LogP contribution in [0, 0.1) is 0 Å². The molecule has 0 bridgehead atoms. The van der Waals surface area contributed by atoms with E-state index in [2.05, 4.69) is 0 Å². The first-order valence-corrected chi connectivity index (χ1v) is 3.63. The summed E-state index contributed by atoms with van der Waals surface area (Å²) in [6.45, 7) is 0.289. The summed E-state index contributed by atoms with van der Waals surface area (Å²) in [5, 5.41) is 9.28. The molecule has 1 saturated heterocycles. The second-order valence-corrected chi connectivity index (χ2v) is 2.58. The van der Waals surface area contributed by atoms with Crippen LogP contribution >= 0.6 is 0 Å². The molecule has 11 heavy (non-hydrogen) atoms. The summed E-state index contributed by atoms with van der Waals surface area (Å²) < 4.78 is 15.1. The molecule has 0 unspecified atom stereocenters. The summed E-state index contributed by atoms with van der Waals surface area (Å²) >= 11 is 0. The molecule has 4 nitrogen and oxygen atoms in total. The molecule has 0 radical (unpaired) electrons. The maximum Gasteiger partial charge on any atom is 0.159 e. The SMILES string of the molecule is CO[C@@H]1C[C@@H](OC)[C@H](O)CO1. The number of methoxy groups -OCH3 is 2. The minimum Gasteiger partial charge on any atom is -0.388 e. The van der Waals surface area contributed by atoms with E-state index in [9.17, 15) is 5.11 Å². The molecule has 0 aromatic heterocycles. The number of rotatable bonds is 2. The summed E-state index contributed by atoms with van der Waals surface area (Å²) in [5.74, 6) is 0. The van der Waals surface area contributed by atoms with Crippen LogP contribution in [0.1, 0.15) is 6.42 Å². The van der Waals surface area contributed by atoms with Crippen molar-refractivity contribution in [2.45, 2.75) is 24.9 Å². The summed E-state index contributed by atoms with van der Waals surface area (Å²) in [4.78, 5) is 0. The Morgan fingerprint density at radius 1 is 1.36 bits per heavy atom. The third kappa shape index (κ3) is 2.13. The molecule has 66 valence electrons. The van der Waals surface area contributed by atoms with Gasteiger partial charge in [-0.3, -0.25) is 0 Å². The highest BCUT2D eigenvalue weighted by Crippen LogP contribution is 2.16. The number of hydrogen-bond donors (Lipinski definition) is 1. The van der Waals surface area contributed by atoms with Crippen molar-refractivity contribution >= 4 is 0 Å². The lowest BCUT2D eigenvalue weighted by Gasteiger charge is -2.31. The summed E-state index contributed by atoms with van der Waals surface area (Å²) in [7, 11) is 3.15. The van der Waals surface area contributed by atoms with Crippen molar-refractivity contribution < 1.29 is 19.3 Å². The second kappa shape index (κ2) is 4.01. The van der Waals surface area contributed by atoms with Gasteiger partial charge in [-0.05, 0) is 0 Å². The molecule has 0 amide bonds. The van der Waals surface area contributed by atoms with Crippen LogP contribution in [0.5, 0.6) is 0 Å². The highest BCUT2D eigenvalue weighted by Gasteiger charge is 2.29. The monoisotopic (exact) mass is 162 g/mol. The van der Waals surface area contributed by atoms with Crippen LogP contribution in [0.2, 0.25) is 0 Å². The Labute approximate surface area is 66.1 Å². The average Bonchev–Trinajstić information content (AvgIpc) is 2.05. The topological polar surface area (TPSA) is 47.9 Å². The molecule has 0 aromatic rings. The lowest BCUT2D eigenvalue weighted by atomic mass is 10.1. The highest BCUT2D eigenvalue weighted by atomic mass is 16.7. The number of aliphatic hydroxyl groups is 1. The summed E-state index contributed by atoms with van der Waals surface area (Å²) in [5.41, 5.74) is 0. The molecular formula is C7H14O4. The van der Waals surface area contributed by atoms with Gasteiger partial charge in [0.05, 0.1) is 12.7 Å². The normalized spacial score (nSPS) is 39.0. The Morgan fingerprint density at radius 2 is 2.09 bits per heavy atom. The van der Waals surface area contributed by atoms with Crippen molar-refractivity contribution in [2.24, 2.45) is 0 Å². The van der Waals surface area contributed by atoms with Crippen LogP contribution in [0.25, 0.3) is 0 Å². The van der Waals surface area contributed by atoms with Crippen molar-refractivity contribution in [3.05, 3.63) is 0 Å². The van der Waals surface area contributed by atoms with Gasteiger partial charge in [-0.2, -0.15) is 0 Å². The van der Waals surface area contributed by atoms with Crippen LogP contribution in [-0.2, 0) is 14.2 Å². The lowest BCUT2D eigenvalue weighted by molar-refractivity contribution is -0.211. The summed E-state index contributed by atoms with van der Waals surface area (Å²) in [6, 6.07) is 0. The minimum absolute atomic E-state index is 0.159. The molecule has 0 aliphatic carbocycles. The van der Waals surface area contributed by atoms with Gasteiger partial charge in [-0.1, -0.05) is 0 Å². The molecule has 1 N–H and O–H groups in total. The van der Waals surface area contributed by atoms with E-state index in [1.807, 2.05) is 0 Å². The van der Waals surface area contributed by atoms with Gasteiger partial charge < -0.3 is 19.3 Å². The van der Waals surface area contributed by atoms with Crippen molar-refractivity contribution in [3.63, 3.8) is 0 Å². The number of ether oxygens (including phenoxy) is 3. The second-order valence-electron chi connectivity index (χ2n) is 2.58. The average molecular weight is 162 g/mol. The zero-order valence-corrected chi connectivity index (χ0v) is 6.82. The molecule has 1 fully saturated rings. The predicted octanol–water partition coefficient (Wildman–Crippen LogP) is -0.245. The van der Waals surface area contributed by atoms with Gasteiger partial charge in [-0.25, -0.2) is 0 Å². The van der Waals surface area contributed by atoms with E-state index in [1.165, 1.54) is 0 Å². The molecular weight excluding hydrogens is 148 g/mol. The molecule has 3 atom stereocenters. The largest absolute Gasteiger partial charge is 0.388 e. The predicted molar refractivity (Wildman–Crippen MR) is 38.2 cm³/mol. The molecule has 0 aromatic carbocycles. The van der Waals surface area contributed by atoms with Crippen LogP contribution in [0.3, 0.4) is 0 Å². The summed E-state index contributed by atoms with van der Waals surface area (Å²) in [6.07, 6.45) is -0.322. The first kappa shape index (κ1) is 8.93. The van der Waals surface area contributed by atoms with E-state index in [4.69, 9.17) is 14.2 Å². The Balaban J connectivity index is 2.37. The van der Waals surface area contributed by atoms with Crippen molar-refractivity contribution in [3.8, 4) is 0 Å². The standard InChI is InChI=1S/C7H14O4/c1-9-6-3-7(10-2)11-4-5(6)8/h5-8H,3-4H2,1-2H3/t5-,6-,7+/m1/s1. The fourth-order valence-corrected chi connectivity index (χ4v) is 1.15. The van der Waals surface area contributed by atoms with Gasteiger partial charge in [0.2, 0.25) is 0 Å². The third-order valence-corrected chi connectivity index (χ3v) is 1.87. The zero-order valence-electron chi connectivity index (χ0n) is 6.82. The van der Waals surface area contributed by atoms with Crippen molar-refractivity contribution in [2.75, 3.05) is 20.8 Å². The van der Waals surface area contributed by atoms with Gasteiger partial charge in [0.1, 0.15) is 6.10 Å². The Kier molecular flexibility index (Phi) is 3.26. The van der Waals surface area contributed by atoms with E-state index in [0.717, 1.165) is 0 Å². The maximum absolute atomic E-state index is 9.28.